The molecule has 0 aliphatic rings. The molecule has 10 heteroatoms. The molecule has 3 N–H and O–H groups in total. The number of aliphatic hydroxyl groups excluding tert-OH is 1. The van der Waals surface area contributed by atoms with Gasteiger partial charge in [-0.15, -0.1) is 0 Å². The zero-order chi connectivity index (χ0) is 32.6. The van der Waals surface area contributed by atoms with E-state index in [-0.39, 0.29) is 42.9 Å². The Labute approximate surface area is 268 Å². The van der Waals surface area contributed by atoms with E-state index >= 15 is 0 Å². The average molecular weight is 659 g/mol. The van der Waals surface area contributed by atoms with Crippen LogP contribution in [0, 0.1) is 0 Å². The Hall–Kier alpha value is -4.53. The first-order valence-corrected chi connectivity index (χ1v) is 18.6. The Kier molecular flexibility index (Phi) is 9.89. The number of carbonyl (C=O) groups is 1. The number of phenolic OH excluding ortho intramolecular Hbond substituents is 1. The van der Waals surface area contributed by atoms with Crippen LogP contribution in [0.4, 0.5) is 0 Å². The van der Waals surface area contributed by atoms with Crippen molar-refractivity contribution in [2.24, 2.45) is 0 Å². The molecular formula is C36H35O8PS. The Morgan fingerprint density at radius 1 is 0.717 bits per heavy atom. The van der Waals surface area contributed by atoms with Crippen molar-refractivity contribution in [3.05, 3.63) is 145 Å². The molecule has 1 atom stereocenters. The van der Waals surface area contributed by atoms with Crippen LogP contribution in [0.1, 0.15) is 16.8 Å². The number of para-hydroxylation sites is 2. The number of ether oxygens (including phenoxy) is 2. The summed E-state index contributed by atoms with van der Waals surface area (Å²) in [7, 11) is -4.53. The molecule has 46 heavy (non-hydrogen) atoms. The fourth-order valence-corrected chi connectivity index (χ4v) is 13.8. The van der Waals surface area contributed by atoms with Crippen molar-refractivity contribution in [1.29, 1.82) is 0 Å². The predicted molar refractivity (Wildman–Crippen MR) is 181 cm³/mol. The first-order valence-electron chi connectivity index (χ1n) is 14.7. The van der Waals surface area contributed by atoms with Crippen LogP contribution in [0.5, 0.6) is 11.5 Å². The van der Waals surface area contributed by atoms with Gasteiger partial charge in [-0.25, -0.2) is 0 Å². The second-order valence-electron chi connectivity index (χ2n) is 10.8. The topological polar surface area (TPSA) is 130 Å². The molecule has 5 aromatic carbocycles. The van der Waals surface area contributed by atoms with E-state index in [1.165, 1.54) is 24.3 Å². The molecule has 8 nitrogen and oxygen atoms in total. The van der Waals surface area contributed by atoms with Crippen molar-refractivity contribution in [2.45, 2.75) is 17.2 Å². The molecule has 5 aromatic rings. The third-order valence-corrected chi connectivity index (χ3v) is 16.4. The van der Waals surface area contributed by atoms with E-state index in [1.807, 2.05) is 91.0 Å². The summed E-state index contributed by atoms with van der Waals surface area (Å²) in [4.78, 5) is 12.8. The van der Waals surface area contributed by atoms with Crippen molar-refractivity contribution >= 4 is 38.6 Å². The van der Waals surface area contributed by atoms with Gasteiger partial charge in [0, 0.05) is 0 Å². The van der Waals surface area contributed by atoms with E-state index in [1.54, 1.807) is 18.2 Å². The molecule has 0 fully saturated rings. The van der Waals surface area contributed by atoms with Crippen LogP contribution >= 0.6 is 6.60 Å². The summed E-state index contributed by atoms with van der Waals surface area (Å²) in [6.45, 7) is -4.26. The second-order valence-corrected chi connectivity index (χ2v) is 17.6. The van der Waals surface area contributed by atoms with Gasteiger partial charge in [0.25, 0.3) is 0 Å². The van der Waals surface area contributed by atoms with Gasteiger partial charge in [-0.3, -0.25) is 0 Å². The van der Waals surface area contributed by atoms with E-state index in [4.69, 9.17) is 9.47 Å². The summed E-state index contributed by atoms with van der Waals surface area (Å²) in [6, 6.07) is 41.2. The molecule has 0 aromatic heterocycles. The Morgan fingerprint density at radius 2 is 1.24 bits per heavy atom. The number of carbonyl (C=O) groups excluding carboxylic acids is 1. The number of phenols is 1. The number of hydrogen-bond acceptors (Lipinski definition) is 7. The molecule has 0 heterocycles. The van der Waals surface area contributed by atoms with Crippen LogP contribution in [-0.2, 0) is 14.9 Å². The second kappa shape index (κ2) is 13.8. The minimum absolute atomic E-state index is 0.0460. The molecule has 0 spiro atoms. The first-order chi connectivity index (χ1) is 22.2. The van der Waals surface area contributed by atoms with Gasteiger partial charge in [-0.05, 0) is 0 Å². The minimum atomic E-state index is -4.53. The fraction of sp³-hybridized carbons (Fsp3) is 0.139. The number of aromatic hydroxyl groups is 1. The van der Waals surface area contributed by atoms with E-state index in [2.05, 4.69) is 0 Å². The van der Waals surface area contributed by atoms with Crippen molar-refractivity contribution in [3.8, 4) is 11.5 Å². The SMILES string of the molecule is O=C(OCCC(Oc1ccccc1O)P(CCO)(c1ccccc1)(c1ccccc1)c1ccccc1)c1cccc(S(=O)(=O)O)c1. The summed E-state index contributed by atoms with van der Waals surface area (Å²) in [5.74, 6) is -1.39. The molecule has 1 unspecified atom stereocenters. The van der Waals surface area contributed by atoms with Crippen LogP contribution < -0.4 is 20.7 Å². The molecule has 0 saturated carbocycles. The number of hydrogen-bond donors (Lipinski definition) is 3. The van der Waals surface area contributed by atoms with Crippen LogP contribution in [0.15, 0.2) is 144 Å². The standard InChI is InChI=1S/C36H35O8PS/c37-24-26-45(29-14-4-1-5-15-29,30-16-6-2-7-17-30,31-18-8-3-9-19-31)35(44-34-22-11-10-21-33(34)38)23-25-43-36(39)28-13-12-20-32(27-28)46(40,41)42/h1-22,27,35,37-38H,23-26H2,(H,40,41,42). The summed E-state index contributed by atoms with van der Waals surface area (Å²) < 4.78 is 45.4. The Bertz CT molecular complexity index is 1780. The van der Waals surface area contributed by atoms with Gasteiger partial charge >= 0.3 is 269 Å². The molecule has 0 radical (unpaired) electrons. The zero-order valence-electron chi connectivity index (χ0n) is 24.9. The molecule has 238 valence electrons. The van der Waals surface area contributed by atoms with Gasteiger partial charge < -0.3 is 0 Å². The maximum absolute atomic E-state index is 13.2. The number of esters is 1. The third kappa shape index (κ3) is 6.15. The van der Waals surface area contributed by atoms with E-state index in [9.17, 15) is 28.0 Å². The van der Waals surface area contributed by atoms with Gasteiger partial charge in [-0.2, -0.15) is 0 Å². The van der Waals surface area contributed by atoms with Crippen molar-refractivity contribution in [3.63, 3.8) is 0 Å². The van der Waals surface area contributed by atoms with Gasteiger partial charge in [0.2, 0.25) is 0 Å². The van der Waals surface area contributed by atoms with Crippen LogP contribution in [-0.4, -0.2) is 54.4 Å². The Morgan fingerprint density at radius 3 is 1.74 bits per heavy atom. The predicted octanol–water partition coefficient (Wildman–Crippen LogP) is 5.11. The van der Waals surface area contributed by atoms with Crippen molar-refractivity contribution in [2.75, 3.05) is 19.4 Å². The summed E-state index contributed by atoms with van der Waals surface area (Å²) >= 11 is 0. The fourth-order valence-electron chi connectivity index (χ4n) is 6.27. The van der Waals surface area contributed by atoms with E-state index in [0.29, 0.717) is 0 Å². The molecule has 5 rings (SSSR count). The molecule has 0 bridgehead atoms. The van der Waals surface area contributed by atoms with Crippen LogP contribution in [0.2, 0.25) is 0 Å². The summed E-state index contributed by atoms with van der Waals surface area (Å²) in [6.07, 6.45) is 0.417. The first kappa shape index (κ1) is 32.9. The quantitative estimate of drug-likeness (QED) is 0.0904. The van der Waals surface area contributed by atoms with Crippen molar-refractivity contribution < 1.29 is 37.5 Å². The van der Waals surface area contributed by atoms with E-state index in [0.717, 1.165) is 22.0 Å². The third-order valence-electron chi connectivity index (χ3n) is 8.33. The summed E-state index contributed by atoms with van der Waals surface area (Å²) in [5, 5.41) is 24.7. The molecule has 0 saturated heterocycles. The number of rotatable bonds is 13. The molecular weight excluding hydrogens is 623 g/mol. The Balaban J connectivity index is 1.70. The summed E-state index contributed by atoms with van der Waals surface area (Å²) in [5.41, 5.74) is -0.0460. The van der Waals surface area contributed by atoms with Crippen LogP contribution in [0.3, 0.4) is 0 Å². The molecule has 0 aliphatic heterocycles. The van der Waals surface area contributed by atoms with E-state index < -0.39 is 33.4 Å². The van der Waals surface area contributed by atoms with Gasteiger partial charge in [0.05, 0.1) is 0 Å². The van der Waals surface area contributed by atoms with Gasteiger partial charge in [0.15, 0.2) is 0 Å². The van der Waals surface area contributed by atoms with Gasteiger partial charge in [-0.1, -0.05) is 0 Å². The monoisotopic (exact) mass is 658 g/mol. The average Bonchev–Trinajstić information content (AvgIpc) is 3.08. The van der Waals surface area contributed by atoms with Gasteiger partial charge in [0.1, 0.15) is 0 Å². The number of aliphatic hydroxyl groups is 1. The number of benzene rings is 5. The zero-order valence-corrected chi connectivity index (χ0v) is 26.6. The maximum atomic E-state index is 13.2. The van der Waals surface area contributed by atoms with Crippen LogP contribution in [0.25, 0.3) is 0 Å². The van der Waals surface area contributed by atoms with Crippen molar-refractivity contribution in [1.82, 2.24) is 0 Å². The molecule has 0 aliphatic carbocycles. The normalized spacial score (nSPS) is 13.2. The molecule has 0 amide bonds.